The molecule has 0 radical (unpaired) electrons. The molecule has 1 aliphatic rings. The first-order chi connectivity index (χ1) is 12.8. The van der Waals surface area contributed by atoms with E-state index in [1.54, 1.807) is 0 Å². The van der Waals surface area contributed by atoms with Crippen LogP contribution in [0.3, 0.4) is 0 Å². The molecule has 5 heteroatoms. The molecule has 0 spiro atoms. The van der Waals surface area contributed by atoms with Crippen LogP contribution in [-0.4, -0.2) is 44.5 Å². The van der Waals surface area contributed by atoms with Crippen LogP contribution in [0.1, 0.15) is 18.4 Å². The van der Waals surface area contributed by atoms with Gasteiger partial charge in [0.1, 0.15) is 0 Å². The summed E-state index contributed by atoms with van der Waals surface area (Å²) in [6.07, 6.45) is 7.89. The van der Waals surface area contributed by atoms with Gasteiger partial charge in [-0.1, -0.05) is 18.2 Å². The average molecular weight is 348 g/mol. The second-order valence-electron chi connectivity index (χ2n) is 6.92. The molecular weight excluding hydrogens is 324 g/mol. The molecule has 1 saturated heterocycles. The monoisotopic (exact) mass is 348 g/mol. The smallest absolute Gasteiger partial charge is 0.0973 e. The lowest BCUT2D eigenvalue weighted by molar-refractivity contribution is 0.127. The normalized spacial score (nSPS) is 16.0. The zero-order valence-corrected chi connectivity index (χ0v) is 14.8. The number of rotatable bonds is 5. The van der Waals surface area contributed by atoms with Crippen molar-refractivity contribution in [3.8, 4) is 16.9 Å². The molecule has 0 aliphatic carbocycles. The Kier molecular flexibility index (Phi) is 5.09. The van der Waals surface area contributed by atoms with Gasteiger partial charge in [0, 0.05) is 42.9 Å². The first-order valence-electron chi connectivity index (χ1n) is 9.21. The molecule has 26 heavy (non-hydrogen) atoms. The van der Waals surface area contributed by atoms with Crippen LogP contribution in [0.2, 0.25) is 0 Å². The zero-order chi connectivity index (χ0) is 17.8. The van der Waals surface area contributed by atoms with Gasteiger partial charge in [-0.05, 0) is 56.1 Å². The predicted molar refractivity (Wildman–Crippen MR) is 102 cm³/mol. The Morgan fingerprint density at radius 1 is 1.00 bits per heavy atom. The van der Waals surface area contributed by atoms with Crippen LogP contribution in [-0.2, 0) is 6.54 Å². The summed E-state index contributed by atoms with van der Waals surface area (Å²) in [7, 11) is 0. The van der Waals surface area contributed by atoms with Crippen molar-refractivity contribution >= 4 is 0 Å². The number of pyridine rings is 1. The van der Waals surface area contributed by atoms with E-state index in [-0.39, 0.29) is 0 Å². The van der Waals surface area contributed by atoms with Crippen molar-refractivity contribution in [2.24, 2.45) is 5.92 Å². The van der Waals surface area contributed by atoms with E-state index in [0.29, 0.717) is 12.5 Å². The second kappa shape index (κ2) is 7.81. The maximum atomic E-state index is 9.35. The third-order valence-corrected chi connectivity index (χ3v) is 5.12. The highest BCUT2D eigenvalue weighted by molar-refractivity contribution is 5.62. The standard InChI is InChI=1S/C21H24N4O/c26-16-17-8-12-24(13-9-17)14-19-15-25(20-4-2-1-3-5-20)23-21(19)18-6-10-22-11-7-18/h1-7,10-11,15,17,26H,8-9,12-14,16H2. The highest BCUT2D eigenvalue weighted by Crippen LogP contribution is 2.26. The van der Waals surface area contributed by atoms with Crippen LogP contribution in [0.15, 0.2) is 61.1 Å². The van der Waals surface area contributed by atoms with Gasteiger partial charge in [0.15, 0.2) is 0 Å². The number of hydrogen-bond acceptors (Lipinski definition) is 4. The molecule has 3 heterocycles. The first kappa shape index (κ1) is 16.9. The second-order valence-corrected chi connectivity index (χ2v) is 6.92. The third kappa shape index (κ3) is 3.69. The number of piperidine rings is 1. The van der Waals surface area contributed by atoms with Gasteiger partial charge in [-0.25, -0.2) is 4.68 Å². The van der Waals surface area contributed by atoms with E-state index < -0.39 is 0 Å². The summed E-state index contributed by atoms with van der Waals surface area (Å²) >= 11 is 0. The highest BCUT2D eigenvalue weighted by atomic mass is 16.3. The lowest BCUT2D eigenvalue weighted by Crippen LogP contribution is -2.34. The quantitative estimate of drug-likeness (QED) is 0.770. The van der Waals surface area contributed by atoms with Crippen molar-refractivity contribution in [1.82, 2.24) is 19.7 Å². The van der Waals surface area contributed by atoms with Crippen molar-refractivity contribution in [3.05, 3.63) is 66.6 Å². The Morgan fingerprint density at radius 3 is 2.42 bits per heavy atom. The number of aliphatic hydroxyl groups is 1. The van der Waals surface area contributed by atoms with Crippen molar-refractivity contribution in [2.45, 2.75) is 19.4 Å². The maximum absolute atomic E-state index is 9.35. The molecule has 0 saturated carbocycles. The Bertz CT molecular complexity index is 824. The molecule has 1 fully saturated rings. The van der Waals surface area contributed by atoms with Gasteiger partial charge in [-0.2, -0.15) is 5.10 Å². The Hall–Kier alpha value is -2.50. The molecule has 5 nitrogen and oxygen atoms in total. The van der Waals surface area contributed by atoms with Crippen LogP contribution in [0, 0.1) is 5.92 Å². The third-order valence-electron chi connectivity index (χ3n) is 5.12. The van der Waals surface area contributed by atoms with Gasteiger partial charge in [0.25, 0.3) is 0 Å². The number of likely N-dealkylation sites (tertiary alicyclic amines) is 1. The number of para-hydroxylation sites is 1. The summed E-state index contributed by atoms with van der Waals surface area (Å²) in [5, 5.41) is 14.2. The van der Waals surface area contributed by atoms with Crippen LogP contribution < -0.4 is 0 Å². The van der Waals surface area contributed by atoms with Gasteiger partial charge < -0.3 is 5.11 Å². The number of nitrogens with zero attached hydrogens (tertiary/aromatic N) is 4. The minimum atomic E-state index is 0.308. The van der Waals surface area contributed by atoms with Gasteiger partial charge in [0.2, 0.25) is 0 Å². The molecule has 1 N–H and O–H groups in total. The fraction of sp³-hybridized carbons (Fsp3) is 0.333. The molecule has 1 aliphatic heterocycles. The van der Waals surface area contributed by atoms with Crippen molar-refractivity contribution in [3.63, 3.8) is 0 Å². The summed E-state index contributed by atoms with van der Waals surface area (Å²) in [5.74, 6) is 0.456. The van der Waals surface area contributed by atoms with E-state index in [1.807, 2.05) is 47.4 Å². The maximum Gasteiger partial charge on any atom is 0.0973 e. The van der Waals surface area contributed by atoms with E-state index in [9.17, 15) is 5.11 Å². The largest absolute Gasteiger partial charge is 0.396 e. The van der Waals surface area contributed by atoms with Gasteiger partial charge >= 0.3 is 0 Å². The van der Waals surface area contributed by atoms with Crippen molar-refractivity contribution in [1.29, 1.82) is 0 Å². The fourth-order valence-electron chi connectivity index (χ4n) is 3.56. The predicted octanol–water partition coefficient (Wildman–Crippen LogP) is 3.14. The molecule has 4 rings (SSSR count). The molecule has 0 atom stereocenters. The molecule has 0 amide bonds. The van der Waals surface area contributed by atoms with Crippen LogP contribution in [0.25, 0.3) is 16.9 Å². The van der Waals surface area contributed by atoms with Gasteiger partial charge in [0.05, 0.1) is 11.4 Å². The Morgan fingerprint density at radius 2 is 1.73 bits per heavy atom. The molecule has 0 unspecified atom stereocenters. The number of aliphatic hydroxyl groups excluding tert-OH is 1. The molecular formula is C21H24N4O. The van der Waals surface area contributed by atoms with Gasteiger partial charge in [-0.3, -0.25) is 9.88 Å². The van der Waals surface area contributed by atoms with E-state index in [0.717, 1.165) is 49.4 Å². The lowest BCUT2D eigenvalue weighted by Gasteiger charge is -2.30. The van der Waals surface area contributed by atoms with Crippen LogP contribution >= 0.6 is 0 Å². The summed E-state index contributed by atoms with van der Waals surface area (Å²) in [4.78, 5) is 6.59. The van der Waals surface area contributed by atoms with Crippen LogP contribution in [0.5, 0.6) is 0 Å². The van der Waals surface area contributed by atoms with E-state index in [2.05, 4.69) is 28.2 Å². The van der Waals surface area contributed by atoms with Crippen molar-refractivity contribution in [2.75, 3.05) is 19.7 Å². The number of hydrogen-bond donors (Lipinski definition) is 1. The summed E-state index contributed by atoms with van der Waals surface area (Å²) in [5.41, 5.74) is 4.39. The Balaban J connectivity index is 1.63. The topological polar surface area (TPSA) is 54.2 Å². The van der Waals surface area contributed by atoms with E-state index >= 15 is 0 Å². The summed E-state index contributed by atoms with van der Waals surface area (Å²) in [6.45, 7) is 3.24. The SMILES string of the molecule is OCC1CCN(Cc2cn(-c3ccccc3)nc2-c2ccncc2)CC1. The van der Waals surface area contributed by atoms with Gasteiger partial charge in [-0.15, -0.1) is 0 Å². The minimum Gasteiger partial charge on any atom is -0.396 e. The summed E-state index contributed by atoms with van der Waals surface area (Å²) in [6, 6.07) is 14.2. The minimum absolute atomic E-state index is 0.308. The Labute approximate surface area is 153 Å². The molecule has 1 aromatic carbocycles. The molecule has 3 aromatic rings. The fourth-order valence-corrected chi connectivity index (χ4v) is 3.56. The van der Waals surface area contributed by atoms with E-state index in [1.165, 1.54) is 5.56 Å². The molecule has 2 aromatic heterocycles. The van der Waals surface area contributed by atoms with E-state index in [4.69, 9.17) is 5.10 Å². The highest BCUT2D eigenvalue weighted by Gasteiger charge is 2.21. The van der Waals surface area contributed by atoms with Crippen molar-refractivity contribution < 1.29 is 5.11 Å². The first-order valence-corrected chi connectivity index (χ1v) is 9.21. The number of benzene rings is 1. The van der Waals surface area contributed by atoms with Crippen LogP contribution in [0.4, 0.5) is 0 Å². The lowest BCUT2D eigenvalue weighted by atomic mass is 9.97. The average Bonchev–Trinajstić information content (AvgIpc) is 3.14. The molecule has 134 valence electrons. The summed E-state index contributed by atoms with van der Waals surface area (Å²) < 4.78 is 1.96. The number of aromatic nitrogens is 3. The zero-order valence-electron chi connectivity index (χ0n) is 14.8. The molecule has 0 bridgehead atoms.